The molecule has 0 spiro atoms. The van der Waals surface area contributed by atoms with Crippen molar-refractivity contribution in [2.24, 2.45) is 11.8 Å². The number of unbranched alkanes of at least 4 members (excludes halogenated alkanes) is 4. The minimum absolute atomic E-state index is 0. The van der Waals surface area contributed by atoms with Crippen LogP contribution in [0.5, 0.6) is 0 Å². The van der Waals surface area contributed by atoms with Gasteiger partial charge >= 0.3 is 0 Å². The van der Waals surface area contributed by atoms with Crippen LogP contribution in [0.15, 0.2) is 0 Å². The monoisotopic (exact) mass is 350 g/mol. The fraction of sp³-hybridized carbons (Fsp3) is 1.00. The van der Waals surface area contributed by atoms with Gasteiger partial charge in [-0.1, -0.05) is 149 Å². The van der Waals surface area contributed by atoms with Crippen molar-refractivity contribution in [2.45, 2.75) is 149 Å². The molecule has 0 amide bonds. The van der Waals surface area contributed by atoms with E-state index in [0.29, 0.717) is 0 Å². The summed E-state index contributed by atoms with van der Waals surface area (Å²) < 4.78 is 0. The molecule has 24 heavy (non-hydrogen) atoms. The maximum atomic E-state index is 2.31. The van der Waals surface area contributed by atoms with E-state index in [9.17, 15) is 0 Å². The minimum Gasteiger partial charge on any atom is -0.0776 e. The summed E-state index contributed by atoms with van der Waals surface area (Å²) in [7, 11) is 0. The third-order valence-corrected chi connectivity index (χ3v) is 4.08. The van der Waals surface area contributed by atoms with Gasteiger partial charge in [0.25, 0.3) is 0 Å². The van der Waals surface area contributed by atoms with Crippen LogP contribution in [-0.2, 0) is 0 Å². The fourth-order valence-corrected chi connectivity index (χ4v) is 1.66. The summed E-state index contributed by atoms with van der Waals surface area (Å²) in [6, 6.07) is 0. The van der Waals surface area contributed by atoms with Gasteiger partial charge in [-0.3, -0.25) is 0 Å². The van der Waals surface area contributed by atoms with Gasteiger partial charge in [0.15, 0.2) is 0 Å². The van der Waals surface area contributed by atoms with Crippen LogP contribution in [0.2, 0.25) is 0 Å². The molecule has 0 bridgehead atoms. The molecule has 1 atom stereocenters. The second-order valence-electron chi connectivity index (χ2n) is 6.28. The summed E-state index contributed by atoms with van der Waals surface area (Å²) in [4.78, 5) is 0. The first kappa shape index (κ1) is 43.9. The molecule has 0 saturated carbocycles. The predicted octanol–water partition coefficient (Wildman–Crippen LogP) is 10.8. The normalized spacial score (nSPS) is 9.38. The van der Waals surface area contributed by atoms with E-state index in [4.69, 9.17) is 0 Å². The Morgan fingerprint density at radius 3 is 0.917 bits per heavy atom. The van der Waals surface area contributed by atoms with Crippen LogP contribution in [-0.4, -0.2) is 0 Å². The molecule has 0 aromatic heterocycles. The minimum atomic E-state index is 0. The SMILES string of the molecule is C.C.C.C.CCC(C)CC.CCCC(C)CC.CCCCCCC. The van der Waals surface area contributed by atoms with Crippen molar-refractivity contribution < 1.29 is 0 Å². The second kappa shape index (κ2) is 43.5. The largest absolute Gasteiger partial charge is 0.0776 e. The Hall–Kier alpha value is 0. The molecule has 0 aromatic rings. The lowest BCUT2D eigenvalue weighted by atomic mass is 10.0. The molecule has 0 N–H and O–H groups in total. The van der Waals surface area contributed by atoms with Crippen molar-refractivity contribution in [1.82, 2.24) is 0 Å². The first-order chi connectivity index (χ1) is 9.53. The molecule has 0 aliphatic heterocycles. The molecule has 0 fully saturated rings. The Labute approximate surface area is 161 Å². The van der Waals surface area contributed by atoms with Crippen molar-refractivity contribution in [1.29, 1.82) is 0 Å². The number of hydrogen-bond acceptors (Lipinski definition) is 0. The Bertz CT molecular complexity index is 120. The van der Waals surface area contributed by atoms with Gasteiger partial charge in [-0.05, 0) is 11.8 Å². The molecule has 0 saturated heterocycles. The summed E-state index contributed by atoms with van der Waals surface area (Å²) in [6.07, 6.45) is 13.8. The molecule has 0 rings (SSSR count). The Balaban J connectivity index is -0.0000000334. The highest BCUT2D eigenvalue weighted by Crippen LogP contribution is 2.07. The van der Waals surface area contributed by atoms with E-state index in [2.05, 4.69) is 55.4 Å². The van der Waals surface area contributed by atoms with E-state index in [1.165, 1.54) is 64.2 Å². The maximum absolute atomic E-state index is 2.31. The van der Waals surface area contributed by atoms with Crippen LogP contribution < -0.4 is 0 Å². The highest BCUT2D eigenvalue weighted by Gasteiger charge is 1.92. The van der Waals surface area contributed by atoms with Gasteiger partial charge in [-0.15, -0.1) is 0 Å². The van der Waals surface area contributed by atoms with Gasteiger partial charge in [0.05, 0.1) is 0 Å². The molecule has 158 valence electrons. The first-order valence-electron chi connectivity index (χ1n) is 9.53. The van der Waals surface area contributed by atoms with Crippen LogP contribution in [0, 0.1) is 11.8 Å². The molecule has 0 nitrogen and oxygen atoms in total. The molecule has 1 unspecified atom stereocenters. The van der Waals surface area contributed by atoms with E-state index in [1.807, 2.05) is 0 Å². The van der Waals surface area contributed by atoms with Gasteiger partial charge in [0, 0.05) is 0 Å². The van der Waals surface area contributed by atoms with Gasteiger partial charge in [-0.2, -0.15) is 0 Å². The van der Waals surface area contributed by atoms with Crippen LogP contribution in [0.4, 0.5) is 0 Å². The lowest BCUT2D eigenvalue weighted by Gasteiger charge is -2.02. The Kier molecular flexibility index (Phi) is 79.6. The summed E-state index contributed by atoms with van der Waals surface area (Å²) in [5.74, 6) is 1.88. The molecule has 0 aromatic carbocycles. The van der Waals surface area contributed by atoms with Gasteiger partial charge < -0.3 is 0 Å². The zero-order valence-corrected chi connectivity index (χ0v) is 16.2. The first-order valence-corrected chi connectivity index (χ1v) is 9.53. The Morgan fingerprint density at radius 2 is 0.792 bits per heavy atom. The van der Waals surface area contributed by atoms with Gasteiger partial charge in [-0.25, -0.2) is 0 Å². The third kappa shape index (κ3) is 57.4. The average molecular weight is 351 g/mol. The van der Waals surface area contributed by atoms with Crippen molar-refractivity contribution in [2.75, 3.05) is 0 Å². The lowest BCUT2D eigenvalue weighted by molar-refractivity contribution is 0.509. The third-order valence-electron chi connectivity index (χ3n) is 4.08. The standard InChI is InChI=1S/2C7H16.C6H14.4CH4/c1-4-6-7(3)5-2;1-3-5-7-6-4-2;1-4-6(3)5-2;;;;/h7H,4-6H2,1-3H3;3-7H2,1-2H3;6H,4-5H2,1-3H3;4*1H4. The molecule has 0 heteroatoms. The van der Waals surface area contributed by atoms with Crippen molar-refractivity contribution >= 4 is 0 Å². The van der Waals surface area contributed by atoms with Gasteiger partial charge in [0.1, 0.15) is 0 Å². The van der Waals surface area contributed by atoms with E-state index < -0.39 is 0 Å². The lowest BCUT2D eigenvalue weighted by Crippen LogP contribution is -1.88. The molecule has 0 radical (unpaired) electrons. The molecular weight excluding hydrogens is 288 g/mol. The van der Waals surface area contributed by atoms with Crippen LogP contribution in [0.25, 0.3) is 0 Å². The quantitative estimate of drug-likeness (QED) is 0.362. The zero-order valence-electron chi connectivity index (χ0n) is 16.2. The zero-order chi connectivity index (χ0) is 16.2. The molecular formula is C24H62. The van der Waals surface area contributed by atoms with E-state index in [1.54, 1.807) is 0 Å². The number of rotatable bonds is 9. The van der Waals surface area contributed by atoms with Crippen molar-refractivity contribution in [3.8, 4) is 0 Å². The summed E-state index contributed by atoms with van der Waals surface area (Å²) >= 11 is 0. The summed E-state index contributed by atoms with van der Waals surface area (Å²) in [5.41, 5.74) is 0. The smallest absolute Gasteiger partial charge is 0.0446 e. The van der Waals surface area contributed by atoms with Crippen molar-refractivity contribution in [3.63, 3.8) is 0 Å². The van der Waals surface area contributed by atoms with E-state index in [-0.39, 0.29) is 29.7 Å². The van der Waals surface area contributed by atoms with Crippen LogP contribution >= 0.6 is 0 Å². The highest BCUT2D eigenvalue weighted by molar-refractivity contribution is 4.45. The maximum Gasteiger partial charge on any atom is -0.0446 e. The van der Waals surface area contributed by atoms with Gasteiger partial charge in [0.2, 0.25) is 0 Å². The Morgan fingerprint density at radius 1 is 0.458 bits per heavy atom. The average Bonchev–Trinajstić information content (AvgIpc) is 2.48. The number of hydrogen-bond donors (Lipinski definition) is 0. The molecule has 0 heterocycles. The van der Waals surface area contributed by atoms with Crippen molar-refractivity contribution in [3.05, 3.63) is 0 Å². The topological polar surface area (TPSA) is 0 Å². The second-order valence-corrected chi connectivity index (χ2v) is 6.28. The van der Waals surface area contributed by atoms with Crippen LogP contribution in [0.1, 0.15) is 149 Å². The van der Waals surface area contributed by atoms with E-state index in [0.717, 1.165) is 11.8 Å². The molecule has 0 aliphatic carbocycles. The van der Waals surface area contributed by atoms with E-state index >= 15 is 0 Å². The predicted molar refractivity (Wildman–Crippen MR) is 125 cm³/mol. The van der Waals surface area contributed by atoms with Crippen LogP contribution in [0.3, 0.4) is 0 Å². The summed E-state index contributed by atoms with van der Waals surface area (Å²) in [6.45, 7) is 18.0. The summed E-state index contributed by atoms with van der Waals surface area (Å²) in [5, 5.41) is 0. The fourth-order valence-electron chi connectivity index (χ4n) is 1.66. The highest BCUT2D eigenvalue weighted by atomic mass is 14.0. The molecule has 0 aliphatic rings.